The molecule has 0 bridgehead atoms. The number of pyridine rings is 1. The molecule has 1 N–H and O–H groups in total. The normalized spacial score (nSPS) is 11.7. The Balaban J connectivity index is 1.87. The molecule has 3 aromatic rings. The summed E-state index contributed by atoms with van der Waals surface area (Å²) in [5.41, 5.74) is -0.673. The van der Waals surface area contributed by atoms with Crippen molar-refractivity contribution in [2.45, 2.75) is 17.9 Å². The van der Waals surface area contributed by atoms with Gasteiger partial charge in [0.2, 0.25) is 0 Å². The van der Waals surface area contributed by atoms with Crippen LogP contribution in [0.2, 0.25) is 0 Å². The van der Waals surface area contributed by atoms with E-state index in [4.69, 9.17) is 0 Å². The number of fused-ring (bicyclic) bond motifs is 1. The molecule has 136 valence electrons. The van der Waals surface area contributed by atoms with Crippen LogP contribution in [-0.4, -0.2) is 21.5 Å². The first-order valence-electron chi connectivity index (χ1n) is 7.46. The molecule has 0 saturated heterocycles. The quantitative estimate of drug-likeness (QED) is 0.544. The van der Waals surface area contributed by atoms with Crippen molar-refractivity contribution in [3.63, 3.8) is 0 Å². The molecule has 0 spiro atoms. The molecular weight excluding hydrogens is 370 g/mol. The summed E-state index contributed by atoms with van der Waals surface area (Å²) >= 11 is 1.34. The number of nitrogens with zero attached hydrogens (tertiary/aromatic N) is 2. The van der Waals surface area contributed by atoms with Gasteiger partial charge < -0.3 is 5.32 Å². The van der Waals surface area contributed by atoms with E-state index in [0.717, 1.165) is 12.1 Å². The van der Waals surface area contributed by atoms with Crippen LogP contribution >= 0.6 is 11.8 Å². The van der Waals surface area contributed by atoms with Gasteiger partial charge in [-0.25, -0.2) is 9.37 Å². The van der Waals surface area contributed by atoms with Crippen LogP contribution in [0.25, 0.3) is 5.52 Å². The summed E-state index contributed by atoms with van der Waals surface area (Å²) in [5, 5.41) is 3.02. The van der Waals surface area contributed by atoms with Crippen molar-refractivity contribution in [2.24, 2.45) is 0 Å². The number of alkyl halides is 3. The third-order valence-electron chi connectivity index (χ3n) is 3.73. The third kappa shape index (κ3) is 3.52. The Morgan fingerprint density at radius 3 is 2.73 bits per heavy atom. The Morgan fingerprint density at radius 2 is 2.04 bits per heavy atom. The van der Waals surface area contributed by atoms with Crippen LogP contribution < -0.4 is 5.32 Å². The first-order chi connectivity index (χ1) is 12.3. The Morgan fingerprint density at radius 1 is 1.27 bits per heavy atom. The molecule has 9 heteroatoms. The van der Waals surface area contributed by atoms with Gasteiger partial charge in [0.15, 0.2) is 10.9 Å². The second-order valence-electron chi connectivity index (χ2n) is 5.38. The average molecular weight is 383 g/mol. The molecule has 0 atom stereocenters. The molecule has 2 aromatic heterocycles. The highest BCUT2D eigenvalue weighted by Gasteiger charge is 2.33. The minimum atomic E-state index is -4.71. The van der Waals surface area contributed by atoms with E-state index in [2.05, 4.69) is 10.3 Å². The van der Waals surface area contributed by atoms with E-state index in [1.807, 2.05) is 0 Å². The molecule has 1 amide bonds. The zero-order valence-electron chi connectivity index (χ0n) is 13.5. The number of aromatic nitrogens is 2. The number of imidazole rings is 1. The number of rotatable bonds is 4. The summed E-state index contributed by atoms with van der Waals surface area (Å²) < 4.78 is 54.0. The molecule has 4 nitrogen and oxygen atoms in total. The summed E-state index contributed by atoms with van der Waals surface area (Å²) in [5.74, 6) is -1.59. The van der Waals surface area contributed by atoms with Crippen molar-refractivity contribution in [1.82, 2.24) is 14.7 Å². The number of carbonyl (C=O) groups excluding carboxylic acids is 1. The van der Waals surface area contributed by atoms with E-state index >= 15 is 0 Å². The fraction of sp³-hybridized carbons (Fsp3) is 0.176. The lowest BCUT2D eigenvalue weighted by Crippen LogP contribution is -2.25. The lowest BCUT2D eigenvalue weighted by molar-refractivity contribution is -0.138. The van der Waals surface area contributed by atoms with Gasteiger partial charge in [-0.3, -0.25) is 9.20 Å². The predicted molar refractivity (Wildman–Crippen MR) is 89.5 cm³/mol. The standard InChI is InChI=1S/C17H13F4N3OS/c1-26-16-23-14(13-4-2-3-7-24(13)16)15(25)22-9-10-5-6-11(18)8-12(10)17(19,20)21/h2-8H,9H2,1H3,(H,22,25). The van der Waals surface area contributed by atoms with Gasteiger partial charge in [-0.05, 0) is 36.1 Å². The summed E-state index contributed by atoms with van der Waals surface area (Å²) in [4.78, 5) is 16.7. The Bertz CT molecular complexity index is 968. The van der Waals surface area contributed by atoms with Crippen molar-refractivity contribution in [3.05, 3.63) is 65.2 Å². The van der Waals surface area contributed by atoms with Crippen LogP contribution in [0.15, 0.2) is 47.8 Å². The molecule has 0 fully saturated rings. The lowest BCUT2D eigenvalue weighted by Gasteiger charge is -2.13. The SMILES string of the molecule is CSc1nc(C(=O)NCc2ccc(F)cc2C(F)(F)F)c2ccccn12. The van der Waals surface area contributed by atoms with E-state index in [1.54, 1.807) is 35.1 Å². The highest BCUT2D eigenvalue weighted by Crippen LogP contribution is 2.32. The number of benzene rings is 1. The minimum Gasteiger partial charge on any atom is -0.347 e. The Kier molecular flexibility index (Phi) is 4.90. The molecule has 26 heavy (non-hydrogen) atoms. The third-order valence-corrected chi connectivity index (χ3v) is 4.38. The van der Waals surface area contributed by atoms with Crippen molar-refractivity contribution in [3.8, 4) is 0 Å². The van der Waals surface area contributed by atoms with Crippen LogP contribution in [0.5, 0.6) is 0 Å². The number of thioether (sulfide) groups is 1. The molecule has 0 unspecified atom stereocenters. The number of amides is 1. The summed E-state index contributed by atoms with van der Waals surface area (Å²) in [6.45, 7) is -0.394. The highest BCUT2D eigenvalue weighted by atomic mass is 32.2. The van der Waals surface area contributed by atoms with E-state index in [9.17, 15) is 22.4 Å². The fourth-order valence-electron chi connectivity index (χ4n) is 2.55. The number of halogens is 4. The Hall–Kier alpha value is -2.55. The minimum absolute atomic E-state index is 0.116. The molecule has 0 aliphatic heterocycles. The zero-order valence-corrected chi connectivity index (χ0v) is 14.3. The van der Waals surface area contributed by atoms with Crippen molar-refractivity contribution in [2.75, 3.05) is 6.26 Å². The van der Waals surface area contributed by atoms with Crippen LogP contribution in [-0.2, 0) is 12.7 Å². The number of hydrogen-bond donors (Lipinski definition) is 1. The average Bonchev–Trinajstić information content (AvgIpc) is 2.98. The summed E-state index contributed by atoms with van der Waals surface area (Å²) in [6.07, 6.45) is -1.17. The van der Waals surface area contributed by atoms with Crippen LogP contribution in [0.3, 0.4) is 0 Å². The highest BCUT2D eigenvalue weighted by molar-refractivity contribution is 7.98. The zero-order chi connectivity index (χ0) is 18.9. The molecule has 0 radical (unpaired) electrons. The van der Waals surface area contributed by atoms with Crippen molar-refractivity contribution in [1.29, 1.82) is 0 Å². The van der Waals surface area contributed by atoms with E-state index in [-0.39, 0.29) is 11.3 Å². The predicted octanol–water partition coefficient (Wildman–Crippen LogP) is 4.14. The molecule has 0 saturated carbocycles. The van der Waals surface area contributed by atoms with Gasteiger partial charge in [0.1, 0.15) is 5.82 Å². The van der Waals surface area contributed by atoms with Gasteiger partial charge >= 0.3 is 6.18 Å². The fourth-order valence-corrected chi connectivity index (χ4v) is 3.09. The van der Waals surface area contributed by atoms with E-state index in [1.165, 1.54) is 11.8 Å². The van der Waals surface area contributed by atoms with E-state index in [0.29, 0.717) is 16.7 Å². The topological polar surface area (TPSA) is 46.4 Å². The number of carbonyl (C=O) groups is 1. The molecule has 0 aliphatic carbocycles. The Labute approximate surface area is 150 Å². The molecule has 0 aliphatic rings. The first kappa shape index (κ1) is 18.2. The van der Waals surface area contributed by atoms with Crippen LogP contribution in [0.1, 0.15) is 21.6 Å². The van der Waals surface area contributed by atoms with Gasteiger partial charge in [0, 0.05) is 12.7 Å². The monoisotopic (exact) mass is 383 g/mol. The van der Waals surface area contributed by atoms with Gasteiger partial charge in [0.25, 0.3) is 5.91 Å². The largest absolute Gasteiger partial charge is 0.416 e. The lowest BCUT2D eigenvalue weighted by atomic mass is 10.1. The second kappa shape index (κ2) is 6.99. The molecule has 1 aromatic carbocycles. The van der Waals surface area contributed by atoms with Gasteiger partial charge in [-0.2, -0.15) is 13.2 Å². The second-order valence-corrected chi connectivity index (χ2v) is 6.16. The van der Waals surface area contributed by atoms with Crippen LogP contribution in [0, 0.1) is 5.82 Å². The number of nitrogens with one attached hydrogen (secondary N) is 1. The first-order valence-corrected chi connectivity index (χ1v) is 8.68. The van der Waals surface area contributed by atoms with Crippen molar-refractivity contribution < 1.29 is 22.4 Å². The molecular formula is C17H13F4N3OS. The molecule has 2 heterocycles. The maximum absolute atomic E-state index is 13.2. The number of hydrogen-bond acceptors (Lipinski definition) is 3. The van der Waals surface area contributed by atoms with Crippen LogP contribution in [0.4, 0.5) is 17.6 Å². The van der Waals surface area contributed by atoms with Gasteiger partial charge in [-0.1, -0.05) is 23.9 Å². The molecule has 3 rings (SSSR count). The van der Waals surface area contributed by atoms with E-state index < -0.39 is 30.0 Å². The smallest absolute Gasteiger partial charge is 0.347 e. The maximum atomic E-state index is 13.2. The summed E-state index contributed by atoms with van der Waals surface area (Å²) in [6, 6.07) is 7.56. The van der Waals surface area contributed by atoms with Crippen molar-refractivity contribution >= 4 is 23.2 Å². The summed E-state index contributed by atoms with van der Waals surface area (Å²) in [7, 11) is 0. The van der Waals surface area contributed by atoms with Gasteiger partial charge in [-0.15, -0.1) is 0 Å². The maximum Gasteiger partial charge on any atom is 0.416 e. The van der Waals surface area contributed by atoms with Gasteiger partial charge in [0.05, 0.1) is 11.1 Å².